The number of benzene rings is 2. The molecule has 2 aliphatic rings. The third kappa shape index (κ3) is 5.04. The van der Waals surface area contributed by atoms with Crippen molar-refractivity contribution in [3.05, 3.63) is 59.2 Å². The Morgan fingerprint density at radius 2 is 1.86 bits per heavy atom. The maximum absolute atomic E-state index is 13.2. The predicted molar refractivity (Wildman–Crippen MR) is 137 cm³/mol. The molecule has 0 radical (unpaired) electrons. The molecule has 182 valence electrons. The summed E-state index contributed by atoms with van der Waals surface area (Å²) in [5.41, 5.74) is 2.81. The minimum atomic E-state index is -0.314. The number of H-pyrrole nitrogens is 1. The summed E-state index contributed by atoms with van der Waals surface area (Å²) in [4.78, 5) is 43.1. The minimum absolute atomic E-state index is 0.0346. The van der Waals surface area contributed by atoms with Crippen molar-refractivity contribution < 1.29 is 14.4 Å². The van der Waals surface area contributed by atoms with Crippen molar-refractivity contribution in [1.82, 2.24) is 15.6 Å². The van der Waals surface area contributed by atoms with Gasteiger partial charge in [-0.05, 0) is 49.2 Å². The van der Waals surface area contributed by atoms with Gasteiger partial charge in [0, 0.05) is 53.2 Å². The van der Waals surface area contributed by atoms with E-state index in [1.54, 1.807) is 23.2 Å². The molecule has 2 heterocycles. The van der Waals surface area contributed by atoms with Crippen LogP contribution < -0.4 is 20.9 Å². The largest absolute Gasteiger partial charge is 0.360 e. The van der Waals surface area contributed by atoms with Crippen LogP contribution in [-0.4, -0.2) is 48.4 Å². The maximum Gasteiger partial charge on any atom is 0.251 e. The molecular weight excluding hydrogens is 466 g/mol. The molecule has 0 unspecified atom stereocenters. The summed E-state index contributed by atoms with van der Waals surface area (Å²) in [5, 5.41) is 10.6. The van der Waals surface area contributed by atoms with Crippen LogP contribution in [-0.2, 0) is 9.59 Å². The van der Waals surface area contributed by atoms with Crippen LogP contribution in [0.25, 0.3) is 10.9 Å². The van der Waals surface area contributed by atoms with E-state index in [0.717, 1.165) is 48.8 Å². The van der Waals surface area contributed by atoms with Crippen LogP contribution in [0.15, 0.2) is 48.7 Å². The van der Waals surface area contributed by atoms with Crippen molar-refractivity contribution in [2.24, 2.45) is 5.92 Å². The molecule has 1 aromatic heterocycles. The minimum Gasteiger partial charge on any atom is -0.360 e. The lowest BCUT2D eigenvalue weighted by atomic mass is 9.83. The summed E-state index contributed by atoms with van der Waals surface area (Å²) in [7, 11) is 0. The average molecular weight is 494 g/mol. The number of nitrogens with zero attached hydrogens (tertiary/aromatic N) is 1. The van der Waals surface area contributed by atoms with E-state index in [-0.39, 0.29) is 29.7 Å². The zero-order chi connectivity index (χ0) is 24.4. The molecule has 0 spiro atoms. The molecule has 5 rings (SSSR count). The third-order valence-electron chi connectivity index (χ3n) is 6.85. The summed E-state index contributed by atoms with van der Waals surface area (Å²) in [6.07, 6.45) is 5.08. The highest BCUT2D eigenvalue weighted by Crippen LogP contribution is 2.28. The van der Waals surface area contributed by atoms with Gasteiger partial charge in [0.1, 0.15) is 0 Å². The number of rotatable bonds is 5. The zero-order valence-corrected chi connectivity index (χ0v) is 20.0. The van der Waals surface area contributed by atoms with Crippen LogP contribution in [0, 0.1) is 5.92 Å². The fourth-order valence-corrected chi connectivity index (χ4v) is 5.16. The first-order chi connectivity index (χ1) is 17.0. The van der Waals surface area contributed by atoms with Crippen LogP contribution in [0.4, 0.5) is 11.4 Å². The SMILES string of the molecule is O=C(N[C@@H]1CCCC[C@@H]1C(=O)Nc1ccc(N2CCNCC2=O)cc1)c1ccc2c(Cl)c[nH]c2c1. The van der Waals surface area contributed by atoms with Gasteiger partial charge in [0.15, 0.2) is 0 Å². The van der Waals surface area contributed by atoms with E-state index in [1.807, 2.05) is 30.3 Å². The summed E-state index contributed by atoms with van der Waals surface area (Å²) >= 11 is 6.14. The number of fused-ring (bicyclic) bond motifs is 1. The normalized spacial score (nSPS) is 20.6. The number of carbonyl (C=O) groups excluding carboxylic acids is 3. The van der Waals surface area contributed by atoms with Crippen molar-refractivity contribution in [3.63, 3.8) is 0 Å². The fourth-order valence-electron chi connectivity index (χ4n) is 4.94. The fraction of sp³-hybridized carbons (Fsp3) is 0.346. The Morgan fingerprint density at radius 3 is 2.66 bits per heavy atom. The molecule has 2 atom stereocenters. The van der Waals surface area contributed by atoms with Crippen LogP contribution in [0.3, 0.4) is 0 Å². The lowest BCUT2D eigenvalue weighted by Crippen LogP contribution is -2.48. The van der Waals surface area contributed by atoms with Gasteiger partial charge in [-0.25, -0.2) is 0 Å². The van der Waals surface area contributed by atoms with Gasteiger partial charge in [-0.2, -0.15) is 0 Å². The van der Waals surface area contributed by atoms with E-state index < -0.39 is 0 Å². The van der Waals surface area contributed by atoms with Crippen molar-refractivity contribution in [1.29, 1.82) is 0 Å². The molecule has 1 aliphatic heterocycles. The number of halogens is 1. The molecule has 35 heavy (non-hydrogen) atoms. The van der Waals surface area contributed by atoms with Gasteiger partial charge in [-0.1, -0.05) is 30.5 Å². The maximum atomic E-state index is 13.2. The second-order valence-electron chi connectivity index (χ2n) is 9.13. The predicted octanol–water partition coefficient (Wildman–Crippen LogP) is 3.68. The highest BCUT2D eigenvalue weighted by atomic mass is 35.5. The summed E-state index contributed by atoms with van der Waals surface area (Å²) < 4.78 is 0. The molecule has 4 N–H and O–H groups in total. The van der Waals surface area contributed by atoms with E-state index in [9.17, 15) is 14.4 Å². The first-order valence-electron chi connectivity index (χ1n) is 12.0. The van der Waals surface area contributed by atoms with Crippen molar-refractivity contribution >= 4 is 51.6 Å². The number of amides is 3. The molecular formula is C26H28ClN5O3. The number of hydrogen-bond acceptors (Lipinski definition) is 4. The zero-order valence-electron chi connectivity index (χ0n) is 19.3. The van der Waals surface area contributed by atoms with Gasteiger partial charge in [0.25, 0.3) is 5.91 Å². The second-order valence-corrected chi connectivity index (χ2v) is 9.53. The van der Waals surface area contributed by atoms with Gasteiger partial charge >= 0.3 is 0 Å². The van der Waals surface area contributed by atoms with Gasteiger partial charge < -0.3 is 25.8 Å². The smallest absolute Gasteiger partial charge is 0.251 e. The van der Waals surface area contributed by atoms with E-state index >= 15 is 0 Å². The number of piperazine rings is 1. The van der Waals surface area contributed by atoms with Crippen LogP contribution in [0.2, 0.25) is 5.02 Å². The molecule has 3 aromatic rings. The van der Waals surface area contributed by atoms with E-state index in [4.69, 9.17) is 11.6 Å². The van der Waals surface area contributed by atoms with E-state index in [2.05, 4.69) is 20.9 Å². The van der Waals surface area contributed by atoms with Crippen molar-refractivity contribution in [2.45, 2.75) is 31.7 Å². The van der Waals surface area contributed by atoms with Crippen LogP contribution in [0.1, 0.15) is 36.0 Å². The van der Waals surface area contributed by atoms with Crippen molar-refractivity contribution in [2.75, 3.05) is 29.9 Å². The Morgan fingerprint density at radius 1 is 1.06 bits per heavy atom. The number of hydrogen-bond donors (Lipinski definition) is 4. The topological polar surface area (TPSA) is 106 Å². The third-order valence-corrected chi connectivity index (χ3v) is 7.16. The number of carbonyl (C=O) groups is 3. The Balaban J connectivity index is 1.24. The van der Waals surface area contributed by atoms with Gasteiger partial charge in [0.05, 0.1) is 17.5 Å². The lowest BCUT2D eigenvalue weighted by molar-refractivity contribution is -0.121. The molecule has 8 nitrogen and oxygen atoms in total. The molecule has 2 fully saturated rings. The first-order valence-corrected chi connectivity index (χ1v) is 12.4. The quantitative estimate of drug-likeness (QED) is 0.435. The summed E-state index contributed by atoms with van der Waals surface area (Å²) in [6.45, 7) is 1.71. The summed E-state index contributed by atoms with van der Waals surface area (Å²) in [6, 6.07) is 12.4. The number of nitrogens with one attached hydrogen (secondary N) is 4. The van der Waals surface area contributed by atoms with Gasteiger partial charge in [0.2, 0.25) is 11.8 Å². The number of aromatic nitrogens is 1. The van der Waals surface area contributed by atoms with E-state index in [1.165, 1.54) is 0 Å². The molecule has 0 bridgehead atoms. The highest BCUT2D eigenvalue weighted by Gasteiger charge is 2.32. The number of aromatic amines is 1. The number of anilines is 2. The first kappa shape index (κ1) is 23.4. The average Bonchev–Trinajstić information content (AvgIpc) is 3.25. The molecule has 3 amide bonds. The molecule has 2 aromatic carbocycles. The van der Waals surface area contributed by atoms with Crippen LogP contribution >= 0.6 is 11.6 Å². The molecule has 1 aliphatic carbocycles. The summed E-state index contributed by atoms with van der Waals surface area (Å²) in [5.74, 6) is -0.585. The standard InChI is InChI=1S/C26H28ClN5O3/c27-21-14-29-23-13-16(5-10-19(21)23)25(34)31-22-4-2-1-3-20(22)26(35)30-17-6-8-18(9-7-17)32-12-11-28-15-24(32)33/h5-10,13-14,20,22,28-29H,1-4,11-12,15H2,(H,30,35)(H,31,34)/t20-,22+/m0/s1. The lowest BCUT2D eigenvalue weighted by Gasteiger charge is -2.31. The molecule has 1 saturated heterocycles. The van der Waals surface area contributed by atoms with Gasteiger partial charge in [-0.3, -0.25) is 14.4 Å². The van der Waals surface area contributed by atoms with E-state index in [0.29, 0.717) is 29.4 Å². The molecule has 9 heteroatoms. The Hall–Kier alpha value is -3.36. The van der Waals surface area contributed by atoms with Crippen molar-refractivity contribution in [3.8, 4) is 0 Å². The highest BCUT2D eigenvalue weighted by molar-refractivity contribution is 6.35. The molecule has 1 saturated carbocycles. The van der Waals surface area contributed by atoms with Crippen LogP contribution in [0.5, 0.6) is 0 Å². The van der Waals surface area contributed by atoms with Gasteiger partial charge in [-0.15, -0.1) is 0 Å². The Kier molecular flexibility index (Phi) is 6.74. The second kappa shape index (κ2) is 10.1. The Labute approximate surface area is 208 Å². The monoisotopic (exact) mass is 493 g/mol. The Bertz CT molecular complexity index is 1260.